The Labute approximate surface area is 198 Å². The number of aromatic hydroxyl groups is 1. The summed E-state index contributed by atoms with van der Waals surface area (Å²) >= 11 is 0. The molecule has 3 heteroatoms. The number of phenolic OH excluding ortho intramolecular Hbond substituents is 1. The first-order chi connectivity index (χ1) is 16.2. The standard InChI is InChI=1S/C30H36N2O/c1-3-6-26-20-27(30-17-14-28(21-31-30)25-12-15-29(33)16-13-25)11-10-24(26)7-5-19-32(18-4-2)22-23-8-9-23/h3,6,10-17,20-21,23,33H,4-5,7-9,18-19,22H2,1-2H3/b6-3-. The van der Waals surface area contributed by atoms with Crippen LogP contribution in [0.15, 0.2) is 66.9 Å². The number of aromatic nitrogens is 1. The van der Waals surface area contributed by atoms with E-state index < -0.39 is 0 Å². The summed E-state index contributed by atoms with van der Waals surface area (Å²) in [6, 6.07) is 18.2. The summed E-state index contributed by atoms with van der Waals surface area (Å²) in [7, 11) is 0. The maximum absolute atomic E-state index is 9.51. The Balaban J connectivity index is 1.44. The van der Waals surface area contributed by atoms with Gasteiger partial charge in [0.2, 0.25) is 0 Å². The van der Waals surface area contributed by atoms with Crippen LogP contribution >= 0.6 is 0 Å². The Kier molecular flexibility index (Phi) is 7.96. The monoisotopic (exact) mass is 440 g/mol. The van der Waals surface area contributed by atoms with Gasteiger partial charge >= 0.3 is 0 Å². The summed E-state index contributed by atoms with van der Waals surface area (Å²) in [5, 5.41) is 9.51. The van der Waals surface area contributed by atoms with Gasteiger partial charge in [0.1, 0.15) is 5.75 Å². The highest BCUT2D eigenvalue weighted by Crippen LogP contribution is 2.30. The van der Waals surface area contributed by atoms with E-state index in [0.717, 1.165) is 34.7 Å². The second-order valence-corrected chi connectivity index (χ2v) is 9.24. The van der Waals surface area contributed by atoms with Crippen molar-refractivity contribution in [2.45, 2.75) is 46.0 Å². The Morgan fingerprint density at radius 3 is 2.39 bits per heavy atom. The minimum absolute atomic E-state index is 0.279. The third-order valence-electron chi connectivity index (χ3n) is 6.43. The van der Waals surface area contributed by atoms with Crippen molar-refractivity contribution >= 4 is 6.08 Å². The number of phenols is 1. The van der Waals surface area contributed by atoms with E-state index in [0.29, 0.717) is 0 Å². The van der Waals surface area contributed by atoms with Crippen LogP contribution < -0.4 is 0 Å². The van der Waals surface area contributed by atoms with Crippen molar-refractivity contribution in [2.24, 2.45) is 5.92 Å². The zero-order valence-electron chi connectivity index (χ0n) is 20.0. The molecule has 172 valence electrons. The first-order valence-corrected chi connectivity index (χ1v) is 12.4. The molecular weight excluding hydrogens is 404 g/mol. The number of allylic oxidation sites excluding steroid dienone is 1. The van der Waals surface area contributed by atoms with Gasteiger partial charge in [0, 0.05) is 23.9 Å². The molecule has 0 spiro atoms. The predicted molar refractivity (Wildman–Crippen MR) is 139 cm³/mol. The van der Waals surface area contributed by atoms with Gasteiger partial charge in [-0.05, 0) is 99.0 Å². The van der Waals surface area contributed by atoms with Crippen LogP contribution in [0.25, 0.3) is 28.5 Å². The SMILES string of the molecule is C/C=C\c1cc(-c2ccc(-c3ccc(O)cc3)cn2)ccc1CCCN(CCC)CC1CC1. The van der Waals surface area contributed by atoms with Crippen LogP contribution in [0.2, 0.25) is 0 Å². The number of hydrogen-bond acceptors (Lipinski definition) is 3. The van der Waals surface area contributed by atoms with Crippen LogP contribution in [-0.2, 0) is 6.42 Å². The molecule has 1 aliphatic carbocycles. The number of aryl methyl sites for hydroxylation is 1. The van der Waals surface area contributed by atoms with Crippen LogP contribution in [0.3, 0.4) is 0 Å². The molecule has 0 bridgehead atoms. The first kappa shape index (κ1) is 23.3. The van der Waals surface area contributed by atoms with Crippen molar-refractivity contribution in [3.63, 3.8) is 0 Å². The molecule has 0 unspecified atom stereocenters. The van der Waals surface area contributed by atoms with E-state index in [-0.39, 0.29) is 5.75 Å². The summed E-state index contributed by atoms with van der Waals surface area (Å²) in [6.07, 6.45) is 12.7. The highest BCUT2D eigenvalue weighted by atomic mass is 16.3. The molecule has 3 aromatic rings. The van der Waals surface area contributed by atoms with Crippen molar-refractivity contribution < 1.29 is 5.11 Å². The fraction of sp³-hybridized carbons (Fsp3) is 0.367. The number of nitrogens with zero attached hydrogens (tertiary/aromatic N) is 2. The van der Waals surface area contributed by atoms with Gasteiger partial charge in [-0.25, -0.2) is 0 Å². The van der Waals surface area contributed by atoms with Gasteiger partial charge in [-0.3, -0.25) is 4.98 Å². The average Bonchev–Trinajstić information content (AvgIpc) is 3.65. The van der Waals surface area contributed by atoms with E-state index in [1.54, 1.807) is 12.1 Å². The minimum Gasteiger partial charge on any atom is -0.508 e. The molecule has 0 radical (unpaired) electrons. The smallest absolute Gasteiger partial charge is 0.115 e. The van der Waals surface area contributed by atoms with E-state index in [1.807, 2.05) is 18.3 Å². The molecule has 1 saturated carbocycles. The summed E-state index contributed by atoms with van der Waals surface area (Å²) in [4.78, 5) is 7.39. The molecule has 33 heavy (non-hydrogen) atoms. The van der Waals surface area contributed by atoms with Gasteiger partial charge in [0.15, 0.2) is 0 Å². The lowest BCUT2D eigenvalue weighted by molar-refractivity contribution is 0.260. The third-order valence-corrected chi connectivity index (χ3v) is 6.43. The molecule has 0 atom stereocenters. The molecule has 3 nitrogen and oxygen atoms in total. The highest BCUT2D eigenvalue weighted by Gasteiger charge is 2.23. The van der Waals surface area contributed by atoms with Gasteiger partial charge in [-0.15, -0.1) is 0 Å². The first-order valence-electron chi connectivity index (χ1n) is 12.4. The maximum atomic E-state index is 9.51. The summed E-state index contributed by atoms with van der Waals surface area (Å²) in [6.45, 7) is 8.08. The zero-order chi connectivity index (χ0) is 23.0. The normalized spacial score (nSPS) is 13.8. The van der Waals surface area contributed by atoms with Gasteiger partial charge in [0.05, 0.1) is 5.69 Å². The van der Waals surface area contributed by atoms with Crippen molar-refractivity contribution in [1.82, 2.24) is 9.88 Å². The van der Waals surface area contributed by atoms with E-state index in [1.165, 1.54) is 56.4 Å². The summed E-state index contributed by atoms with van der Waals surface area (Å²) in [5.74, 6) is 1.24. The van der Waals surface area contributed by atoms with Crippen LogP contribution in [-0.4, -0.2) is 34.6 Å². The topological polar surface area (TPSA) is 36.4 Å². The predicted octanol–water partition coefficient (Wildman–Crippen LogP) is 7.21. The zero-order valence-corrected chi connectivity index (χ0v) is 20.0. The lowest BCUT2D eigenvalue weighted by Crippen LogP contribution is -2.28. The van der Waals surface area contributed by atoms with Gasteiger partial charge < -0.3 is 10.0 Å². The van der Waals surface area contributed by atoms with Crippen LogP contribution in [0.4, 0.5) is 0 Å². The second-order valence-electron chi connectivity index (χ2n) is 9.24. The van der Waals surface area contributed by atoms with Gasteiger partial charge in [-0.2, -0.15) is 0 Å². The number of rotatable bonds is 11. The summed E-state index contributed by atoms with van der Waals surface area (Å²) in [5.41, 5.74) is 6.94. The maximum Gasteiger partial charge on any atom is 0.115 e. The van der Waals surface area contributed by atoms with Crippen molar-refractivity contribution in [3.8, 4) is 28.1 Å². The van der Waals surface area contributed by atoms with Crippen molar-refractivity contribution in [1.29, 1.82) is 0 Å². The molecule has 2 aromatic carbocycles. The molecule has 4 rings (SSSR count). The molecule has 0 saturated heterocycles. The Morgan fingerprint density at radius 1 is 0.970 bits per heavy atom. The Hall–Kier alpha value is -2.91. The number of pyridine rings is 1. The molecular formula is C30H36N2O. The quantitative estimate of drug-likeness (QED) is 0.342. The average molecular weight is 441 g/mol. The molecule has 1 aromatic heterocycles. The molecule has 1 heterocycles. The number of hydrogen-bond donors (Lipinski definition) is 1. The van der Waals surface area contributed by atoms with E-state index in [2.05, 4.69) is 61.2 Å². The lowest BCUT2D eigenvalue weighted by Gasteiger charge is -2.21. The number of benzene rings is 2. The third kappa shape index (κ3) is 6.55. The van der Waals surface area contributed by atoms with Crippen LogP contribution in [0.1, 0.15) is 50.7 Å². The van der Waals surface area contributed by atoms with E-state index >= 15 is 0 Å². The van der Waals surface area contributed by atoms with E-state index in [4.69, 9.17) is 4.98 Å². The van der Waals surface area contributed by atoms with Crippen molar-refractivity contribution in [3.05, 3.63) is 78.0 Å². The van der Waals surface area contributed by atoms with Crippen molar-refractivity contribution in [2.75, 3.05) is 19.6 Å². The van der Waals surface area contributed by atoms with Crippen LogP contribution in [0, 0.1) is 5.92 Å². The second kappa shape index (κ2) is 11.3. The lowest BCUT2D eigenvalue weighted by atomic mass is 9.97. The fourth-order valence-electron chi connectivity index (χ4n) is 4.48. The van der Waals surface area contributed by atoms with E-state index in [9.17, 15) is 5.11 Å². The molecule has 1 aliphatic rings. The van der Waals surface area contributed by atoms with Gasteiger partial charge in [0.25, 0.3) is 0 Å². The fourth-order valence-corrected chi connectivity index (χ4v) is 4.48. The highest BCUT2D eigenvalue weighted by molar-refractivity contribution is 5.70. The molecule has 1 fully saturated rings. The minimum atomic E-state index is 0.279. The molecule has 0 aliphatic heterocycles. The Morgan fingerprint density at radius 2 is 1.73 bits per heavy atom. The van der Waals surface area contributed by atoms with Gasteiger partial charge in [-0.1, -0.05) is 49.4 Å². The summed E-state index contributed by atoms with van der Waals surface area (Å²) < 4.78 is 0. The Bertz CT molecular complexity index is 1050. The largest absolute Gasteiger partial charge is 0.508 e. The molecule has 1 N–H and O–H groups in total. The molecule has 0 amide bonds. The van der Waals surface area contributed by atoms with Crippen LogP contribution in [0.5, 0.6) is 5.75 Å².